The second-order valence-electron chi connectivity index (χ2n) is 6.20. The van der Waals surface area contributed by atoms with E-state index < -0.39 is 0 Å². The summed E-state index contributed by atoms with van der Waals surface area (Å²) in [6, 6.07) is 33.8. The molecule has 0 amide bonds. The zero-order valence-electron chi connectivity index (χ0n) is 14.1. The van der Waals surface area contributed by atoms with Crippen LogP contribution in [0.25, 0.3) is 28.0 Å². The normalized spacial score (nSPS) is 11.7. The molecule has 0 atom stereocenters. The van der Waals surface area contributed by atoms with Crippen LogP contribution in [-0.4, -0.2) is 0 Å². The molecule has 0 unspecified atom stereocenters. The van der Waals surface area contributed by atoms with Gasteiger partial charge in [0.25, 0.3) is 0 Å². The van der Waals surface area contributed by atoms with Crippen LogP contribution in [-0.2, 0) is 6.42 Å². The van der Waals surface area contributed by atoms with Crippen molar-refractivity contribution in [1.29, 1.82) is 0 Å². The van der Waals surface area contributed by atoms with E-state index in [4.69, 9.17) is 0 Å². The molecule has 0 aromatic heterocycles. The Morgan fingerprint density at radius 3 is 1.76 bits per heavy atom. The monoisotopic (exact) mass is 320 g/mol. The second kappa shape index (κ2) is 7.19. The van der Waals surface area contributed by atoms with Crippen molar-refractivity contribution in [2.45, 2.75) is 6.42 Å². The van der Waals surface area contributed by atoms with Crippen molar-refractivity contribution >= 4 is 16.8 Å². The van der Waals surface area contributed by atoms with E-state index in [2.05, 4.69) is 97.1 Å². The van der Waals surface area contributed by atoms with Crippen molar-refractivity contribution in [3.05, 3.63) is 114 Å². The molecule has 0 nitrogen and oxygen atoms in total. The summed E-state index contributed by atoms with van der Waals surface area (Å²) in [5, 5.41) is 2.80. The highest BCUT2D eigenvalue weighted by Crippen LogP contribution is 2.27. The van der Waals surface area contributed by atoms with E-state index in [1.54, 1.807) is 0 Å². The molecule has 4 aromatic rings. The molecule has 0 bridgehead atoms. The highest BCUT2D eigenvalue weighted by molar-refractivity contribution is 5.94. The summed E-state index contributed by atoms with van der Waals surface area (Å²) in [6.07, 6.45) is 5.53. The van der Waals surface area contributed by atoms with Gasteiger partial charge in [0.1, 0.15) is 0 Å². The first kappa shape index (κ1) is 15.4. The number of rotatable bonds is 1. The van der Waals surface area contributed by atoms with E-state index in [1.165, 1.54) is 33.0 Å². The van der Waals surface area contributed by atoms with Crippen LogP contribution in [0.15, 0.2) is 103 Å². The van der Waals surface area contributed by atoms with Gasteiger partial charge in [-0.25, -0.2) is 0 Å². The van der Waals surface area contributed by atoms with Gasteiger partial charge < -0.3 is 0 Å². The van der Waals surface area contributed by atoms with Crippen LogP contribution in [0.3, 0.4) is 0 Å². The van der Waals surface area contributed by atoms with Crippen LogP contribution in [0.5, 0.6) is 0 Å². The lowest BCUT2D eigenvalue weighted by Gasteiger charge is -2.11. The van der Waals surface area contributed by atoms with Gasteiger partial charge in [0.2, 0.25) is 0 Å². The third-order valence-electron chi connectivity index (χ3n) is 4.54. The fraction of sp³-hybridized carbons (Fsp3) is 0.0400. The number of allylic oxidation sites excluding steroid dienone is 1. The Morgan fingerprint density at radius 2 is 1.12 bits per heavy atom. The van der Waals surface area contributed by atoms with Gasteiger partial charge >= 0.3 is 0 Å². The van der Waals surface area contributed by atoms with Crippen molar-refractivity contribution in [2.24, 2.45) is 0 Å². The van der Waals surface area contributed by atoms with Crippen LogP contribution in [0.1, 0.15) is 11.1 Å². The Balaban J connectivity index is 0.000000126. The molecule has 0 radical (unpaired) electrons. The first-order chi connectivity index (χ1) is 12.4. The van der Waals surface area contributed by atoms with Crippen molar-refractivity contribution in [1.82, 2.24) is 0 Å². The van der Waals surface area contributed by atoms with Crippen LogP contribution in [0.2, 0.25) is 0 Å². The third kappa shape index (κ3) is 3.39. The highest BCUT2D eigenvalue weighted by Gasteiger charge is 2.06. The SMILES string of the molecule is C1=Cc2cccc3cccc(c23)C1.c1ccc(-c2ccccc2)cc1. The van der Waals surface area contributed by atoms with Gasteiger partial charge in [0, 0.05) is 0 Å². The molecule has 4 aromatic carbocycles. The lowest BCUT2D eigenvalue weighted by molar-refractivity contribution is 1.29. The third-order valence-corrected chi connectivity index (χ3v) is 4.54. The Hall–Kier alpha value is -3.12. The molecule has 0 spiro atoms. The summed E-state index contributed by atoms with van der Waals surface area (Å²) in [6.45, 7) is 0. The summed E-state index contributed by atoms with van der Waals surface area (Å²) < 4.78 is 0. The molecular weight excluding hydrogens is 300 g/mol. The molecular formula is C25H20. The molecule has 1 aliphatic carbocycles. The van der Waals surface area contributed by atoms with Crippen molar-refractivity contribution in [2.75, 3.05) is 0 Å². The molecule has 0 N–H and O–H groups in total. The van der Waals surface area contributed by atoms with Crippen LogP contribution >= 0.6 is 0 Å². The maximum absolute atomic E-state index is 2.23. The molecule has 5 rings (SSSR count). The van der Waals surface area contributed by atoms with E-state index >= 15 is 0 Å². The van der Waals surface area contributed by atoms with Gasteiger partial charge in [-0.1, -0.05) is 109 Å². The molecule has 0 saturated heterocycles. The van der Waals surface area contributed by atoms with E-state index in [-0.39, 0.29) is 0 Å². The number of benzene rings is 4. The Bertz CT molecular complexity index is 953. The van der Waals surface area contributed by atoms with Crippen molar-refractivity contribution in [3.8, 4) is 11.1 Å². The first-order valence-electron chi connectivity index (χ1n) is 8.69. The summed E-state index contributed by atoms with van der Waals surface area (Å²) in [5.74, 6) is 0. The standard InChI is InChI=1S/C13H10.C12H10/c1-4-10-6-2-8-12-9-3-7-11(5-1)13(10)12;1-3-7-11(8-4-1)12-9-5-2-6-10-12/h1-8H,9H2;1-10H. The maximum atomic E-state index is 2.23. The fourth-order valence-electron chi connectivity index (χ4n) is 3.33. The van der Waals surface area contributed by atoms with Gasteiger partial charge in [-0.15, -0.1) is 0 Å². The van der Waals surface area contributed by atoms with E-state index in [0.29, 0.717) is 0 Å². The van der Waals surface area contributed by atoms with E-state index in [9.17, 15) is 0 Å². The molecule has 1 aliphatic rings. The quantitative estimate of drug-likeness (QED) is 0.363. The lowest BCUT2D eigenvalue weighted by atomic mass is 9.93. The minimum atomic E-state index is 1.08. The zero-order chi connectivity index (χ0) is 16.9. The largest absolute Gasteiger partial charge is 0.0795 e. The Labute approximate surface area is 149 Å². The summed E-state index contributed by atoms with van der Waals surface area (Å²) in [7, 11) is 0. The molecule has 0 saturated carbocycles. The van der Waals surface area contributed by atoms with Gasteiger partial charge in [-0.2, -0.15) is 0 Å². The van der Waals surface area contributed by atoms with Gasteiger partial charge in [0.15, 0.2) is 0 Å². The summed E-state index contributed by atoms with van der Waals surface area (Å²) >= 11 is 0. The van der Waals surface area contributed by atoms with Gasteiger partial charge in [-0.3, -0.25) is 0 Å². The summed E-state index contributed by atoms with van der Waals surface area (Å²) in [5.41, 5.74) is 5.37. The predicted molar refractivity (Wildman–Crippen MR) is 109 cm³/mol. The van der Waals surface area contributed by atoms with Gasteiger partial charge in [-0.05, 0) is 39.4 Å². The lowest BCUT2D eigenvalue weighted by Crippen LogP contribution is -1.91. The molecule has 0 fully saturated rings. The minimum Gasteiger partial charge on any atom is -0.0795 e. The fourth-order valence-corrected chi connectivity index (χ4v) is 3.33. The summed E-state index contributed by atoms with van der Waals surface area (Å²) in [4.78, 5) is 0. The average molecular weight is 320 g/mol. The zero-order valence-corrected chi connectivity index (χ0v) is 14.1. The van der Waals surface area contributed by atoms with Crippen LogP contribution < -0.4 is 0 Å². The minimum absolute atomic E-state index is 1.08. The van der Waals surface area contributed by atoms with Crippen molar-refractivity contribution < 1.29 is 0 Å². The topological polar surface area (TPSA) is 0 Å². The molecule has 0 heteroatoms. The number of hydrogen-bond donors (Lipinski definition) is 0. The Morgan fingerprint density at radius 1 is 0.520 bits per heavy atom. The van der Waals surface area contributed by atoms with E-state index in [0.717, 1.165) is 6.42 Å². The predicted octanol–water partition coefficient (Wildman–Crippen LogP) is 6.76. The van der Waals surface area contributed by atoms with E-state index in [1.807, 2.05) is 12.1 Å². The Kier molecular flexibility index (Phi) is 4.43. The second-order valence-corrected chi connectivity index (χ2v) is 6.20. The number of hydrogen-bond acceptors (Lipinski definition) is 0. The maximum Gasteiger partial charge on any atom is -0.00763 e. The average Bonchev–Trinajstić information content (AvgIpc) is 2.71. The molecule has 25 heavy (non-hydrogen) atoms. The molecule has 120 valence electrons. The van der Waals surface area contributed by atoms with Crippen LogP contribution in [0.4, 0.5) is 0 Å². The highest BCUT2D eigenvalue weighted by atomic mass is 14.1. The van der Waals surface area contributed by atoms with Gasteiger partial charge in [0.05, 0.1) is 0 Å². The van der Waals surface area contributed by atoms with Crippen LogP contribution in [0, 0.1) is 0 Å². The molecule has 0 heterocycles. The smallest absolute Gasteiger partial charge is 0.00763 e. The molecule has 0 aliphatic heterocycles. The first-order valence-corrected chi connectivity index (χ1v) is 8.69. The van der Waals surface area contributed by atoms with Crippen molar-refractivity contribution in [3.63, 3.8) is 0 Å².